The third-order valence-corrected chi connectivity index (χ3v) is 4.02. The molecule has 2 N–H and O–H groups in total. The molecule has 21 heavy (non-hydrogen) atoms. The number of aromatic nitrogens is 2. The Morgan fingerprint density at radius 2 is 1.90 bits per heavy atom. The predicted octanol–water partition coefficient (Wildman–Crippen LogP) is 2.91. The normalized spacial score (nSPS) is 16.5. The van der Waals surface area contributed by atoms with Gasteiger partial charge in [0, 0.05) is 19.1 Å². The largest absolute Gasteiger partial charge is 0.478 e. The van der Waals surface area contributed by atoms with Gasteiger partial charge in [0.25, 0.3) is 0 Å². The zero-order chi connectivity index (χ0) is 14.9. The van der Waals surface area contributed by atoms with Crippen LogP contribution in [0.4, 0.5) is 5.82 Å². The van der Waals surface area contributed by atoms with Crippen molar-refractivity contribution in [3.8, 4) is 5.88 Å². The van der Waals surface area contributed by atoms with Crippen molar-refractivity contribution in [1.82, 2.24) is 15.3 Å². The number of hydrogen-bond donors (Lipinski definition) is 2. The Kier molecular flexibility index (Phi) is 6.73. The Morgan fingerprint density at radius 3 is 2.62 bits per heavy atom. The van der Waals surface area contributed by atoms with Crippen LogP contribution in [0.15, 0.2) is 6.33 Å². The lowest BCUT2D eigenvalue weighted by Crippen LogP contribution is -2.32. The number of nitrogens with zero attached hydrogens (tertiary/aromatic N) is 2. The summed E-state index contributed by atoms with van der Waals surface area (Å²) < 4.78 is 5.49. The van der Waals surface area contributed by atoms with Crippen LogP contribution in [0.5, 0.6) is 5.88 Å². The molecule has 0 amide bonds. The van der Waals surface area contributed by atoms with Crippen LogP contribution in [0.1, 0.15) is 51.0 Å². The summed E-state index contributed by atoms with van der Waals surface area (Å²) in [7, 11) is 0. The van der Waals surface area contributed by atoms with Gasteiger partial charge in [0.15, 0.2) is 0 Å². The van der Waals surface area contributed by atoms with E-state index >= 15 is 0 Å². The van der Waals surface area contributed by atoms with Gasteiger partial charge in [0.2, 0.25) is 5.88 Å². The molecule has 0 saturated heterocycles. The van der Waals surface area contributed by atoms with Crippen LogP contribution < -0.4 is 15.4 Å². The van der Waals surface area contributed by atoms with E-state index in [2.05, 4.69) is 20.6 Å². The maximum Gasteiger partial charge on any atom is 0.221 e. The number of hydrogen-bond acceptors (Lipinski definition) is 5. The first-order valence-electron chi connectivity index (χ1n) is 8.23. The van der Waals surface area contributed by atoms with Gasteiger partial charge in [-0.05, 0) is 26.7 Å². The second-order valence-electron chi connectivity index (χ2n) is 5.65. The van der Waals surface area contributed by atoms with Gasteiger partial charge in [-0.15, -0.1) is 0 Å². The second-order valence-corrected chi connectivity index (χ2v) is 5.65. The summed E-state index contributed by atoms with van der Waals surface area (Å²) in [5.41, 5.74) is 0.980. The topological polar surface area (TPSA) is 59.1 Å². The third-order valence-electron chi connectivity index (χ3n) is 4.02. The SMILES string of the molecule is CCOc1ncnc(NCCNC2CCCCCC2)c1C. The van der Waals surface area contributed by atoms with E-state index in [1.807, 2.05) is 13.8 Å². The van der Waals surface area contributed by atoms with Crippen molar-refractivity contribution in [3.05, 3.63) is 11.9 Å². The summed E-state index contributed by atoms with van der Waals surface area (Å²) in [6.07, 6.45) is 9.73. The van der Waals surface area contributed by atoms with Crippen molar-refractivity contribution < 1.29 is 4.74 Å². The van der Waals surface area contributed by atoms with Crippen molar-refractivity contribution in [2.75, 3.05) is 25.0 Å². The fourth-order valence-corrected chi connectivity index (χ4v) is 2.84. The van der Waals surface area contributed by atoms with Crippen LogP contribution in [0, 0.1) is 6.92 Å². The summed E-state index contributed by atoms with van der Waals surface area (Å²) in [5, 5.41) is 7.03. The molecule has 1 saturated carbocycles. The smallest absolute Gasteiger partial charge is 0.221 e. The minimum absolute atomic E-state index is 0.626. The van der Waals surface area contributed by atoms with Gasteiger partial charge < -0.3 is 15.4 Å². The highest BCUT2D eigenvalue weighted by Gasteiger charge is 2.11. The predicted molar refractivity (Wildman–Crippen MR) is 85.9 cm³/mol. The average molecular weight is 292 g/mol. The molecule has 1 aromatic heterocycles. The molecule has 0 bridgehead atoms. The lowest BCUT2D eigenvalue weighted by atomic mass is 10.1. The maximum atomic E-state index is 5.49. The van der Waals surface area contributed by atoms with Crippen LogP contribution in [0.2, 0.25) is 0 Å². The molecular formula is C16H28N4O. The van der Waals surface area contributed by atoms with Gasteiger partial charge in [0.05, 0.1) is 12.2 Å². The number of anilines is 1. The van der Waals surface area contributed by atoms with Crippen molar-refractivity contribution in [3.63, 3.8) is 0 Å². The molecule has 0 spiro atoms. The molecule has 118 valence electrons. The van der Waals surface area contributed by atoms with E-state index < -0.39 is 0 Å². The van der Waals surface area contributed by atoms with Crippen LogP contribution in [0.3, 0.4) is 0 Å². The first-order valence-corrected chi connectivity index (χ1v) is 8.23. The Bertz CT molecular complexity index is 417. The quantitative estimate of drug-likeness (QED) is 0.598. The molecule has 5 heteroatoms. The molecule has 1 heterocycles. The Labute approximate surface area is 127 Å². The standard InChI is InChI=1S/C16H28N4O/c1-3-21-16-13(2)15(19-12-20-16)18-11-10-17-14-8-6-4-5-7-9-14/h12,14,17H,3-11H2,1-2H3,(H,18,19,20). The van der Waals surface area contributed by atoms with Crippen LogP contribution in [0.25, 0.3) is 0 Å². The number of nitrogens with one attached hydrogen (secondary N) is 2. The fraction of sp³-hybridized carbons (Fsp3) is 0.750. The Balaban J connectivity index is 1.74. The molecule has 1 aliphatic rings. The van der Waals surface area contributed by atoms with Crippen LogP contribution >= 0.6 is 0 Å². The summed E-state index contributed by atoms with van der Waals surface area (Å²) in [4.78, 5) is 8.44. The average Bonchev–Trinajstić information content (AvgIpc) is 2.76. The van der Waals surface area contributed by atoms with Crippen LogP contribution in [-0.2, 0) is 0 Å². The minimum atomic E-state index is 0.626. The molecule has 1 aromatic rings. The zero-order valence-corrected chi connectivity index (χ0v) is 13.3. The molecule has 0 radical (unpaired) electrons. The molecule has 0 atom stereocenters. The third kappa shape index (κ3) is 5.16. The zero-order valence-electron chi connectivity index (χ0n) is 13.3. The van der Waals surface area contributed by atoms with E-state index in [9.17, 15) is 0 Å². The molecule has 5 nitrogen and oxygen atoms in total. The van der Waals surface area contributed by atoms with Gasteiger partial charge in [-0.3, -0.25) is 0 Å². The Hall–Kier alpha value is -1.36. The number of rotatable bonds is 7. The van der Waals surface area contributed by atoms with E-state index in [1.54, 1.807) is 6.33 Å². The summed E-state index contributed by atoms with van der Waals surface area (Å²) in [5.74, 6) is 1.54. The summed E-state index contributed by atoms with van der Waals surface area (Å²) >= 11 is 0. The van der Waals surface area contributed by atoms with Crippen LogP contribution in [-0.4, -0.2) is 35.7 Å². The summed E-state index contributed by atoms with van der Waals surface area (Å²) in [6.45, 7) is 6.43. The maximum absolute atomic E-state index is 5.49. The van der Waals surface area contributed by atoms with E-state index in [4.69, 9.17) is 4.74 Å². The monoisotopic (exact) mass is 292 g/mol. The van der Waals surface area contributed by atoms with Crippen molar-refractivity contribution in [2.45, 2.75) is 58.4 Å². The van der Waals surface area contributed by atoms with E-state index in [-0.39, 0.29) is 0 Å². The molecule has 0 unspecified atom stereocenters. The molecule has 0 aromatic carbocycles. The fourth-order valence-electron chi connectivity index (χ4n) is 2.84. The van der Waals surface area contributed by atoms with E-state index in [0.717, 1.165) is 24.5 Å². The highest BCUT2D eigenvalue weighted by molar-refractivity contribution is 5.47. The number of ether oxygens (including phenoxy) is 1. The highest BCUT2D eigenvalue weighted by Crippen LogP contribution is 2.20. The van der Waals surface area contributed by atoms with Gasteiger partial charge in [0.1, 0.15) is 12.1 Å². The second kappa shape index (κ2) is 8.82. The Morgan fingerprint density at radius 1 is 1.14 bits per heavy atom. The first-order chi connectivity index (χ1) is 10.3. The van der Waals surface area contributed by atoms with Gasteiger partial charge in [-0.2, -0.15) is 0 Å². The molecular weight excluding hydrogens is 264 g/mol. The first kappa shape index (κ1) is 16.0. The molecule has 1 aliphatic carbocycles. The lowest BCUT2D eigenvalue weighted by molar-refractivity contribution is 0.324. The molecule has 1 fully saturated rings. The van der Waals surface area contributed by atoms with Gasteiger partial charge in [-0.25, -0.2) is 9.97 Å². The van der Waals surface area contributed by atoms with Crippen molar-refractivity contribution in [2.24, 2.45) is 0 Å². The van der Waals surface area contributed by atoms with Gasteiger partial charge >= 0.3 is 0 Å². The van der Waals surface area contributed by atoms with E-state index in [0.29, 0.717) is 18.5 Å². The van der Waals surface area contributed by atoms with Crippen molar-refractivity contribution in [1.29, 1.82) is 0 Å². The van der Waals surface area contributed by atoms with Crippen molar-refractivity contribution >= 4 is 5.82 Å². The van der Waals surface area contributed by atoms with Gasteiger partial charge in [-0.1, -0.05) is 25.7 Å². The minimum Gasteiger partial charge on any atom is -0.478 e. The van der Waals surface area contributed by atoms with E-state index in [1.165, 1.54) is 38.5 Å². The highest BCUT2D eigenvalue weighted by atomic mass is 16.5. The molecule has 2 rings (SSSR count). The summed E-state index contributed by atoms with van der Waals surface area (Å²) in [6, 6.07) is 0.694. The lowest BCUT2D eigenvalue weighted by Gasteiger charge is -2.17. The molecule has 0 aliphatic heterocycles.